The predicted molar refractivity (Wildman–Crippen MR) is 101 cm³/mol. The van der Waals surface area contributed by atoms with Gasteiger partial charge in [0, 0.05) is 6.54 Å². The lowest BCUT2D eigenvalue weighted by atomic mass is 10.2. The lowest BCUT2D eigenvalue weighted by molar-refractivity contribution is 0.147. The second-order valence-electron chi connectivity index (χ2n) is 7.12. The predicted octanol–water partition coefficient (Wildman–Crippen LogP) is 3.67. The Morgan fingerprint density at radius 1 is 1.29 bits per heavy atom. The summed E-state index contributed by atoms with van der Waals surface area (Å²) in [5, 5.41) is 0.622. The SMILES string of the molecule is O=C(Oc1ccccc1)N1CCC[C@@H]1c1nc2c(=O)[nH]c(C3(F)CC3)nc2s1. The van der Waals surface area contributed by atoms with Crippen molar-refractivity contribution in [1.29, 1.82) is 0 Å². The summed E-state index contributed by atoms with van der Waals surface area (Å²) in [4.78, 5) is 38.2. The fourth-order valence-electron chi connectivity index (χ4n) is 3.44. The molecule has 1 atom stereocenters. The normalized spacial score (nSPS) is 20.5. The average molecular weight is 400 g/mol. The minimum atomic E-state index is -1.52. The molecule has 7 nitrogen and oxygen atoms in total. The lowest BCUT2D eigenvalue weighted by Gasteiger charge is -2.22. The van der Waals surface area contributed by atoms with E-state index in [1.54, 1.807) is 29.2 Å². The molecule has 3 heterocycles. The van der Waals surface area contributed by atoms with Crippen LogP contribution in [0.5, 0.6) is 5.75 Å². The molecule has 144 valence electrons. The van der Waals surface area contributed by atoms with Gasteiger partial charge in [-0.15, -0.1) is 0 Å². The zero-order valence-corrected chi connectivity index (χ0v) is 15.7. The fraction of sp³-hybridized carbons (Fsp3) is 0.368. The van der Waals surface area contributed by atoms with Gasteiger partial charge >= 0.3 is 6.09 Å². The molecule has 5 rings (SSSR count). The molecule has 1 amide bonds. The summed E-state index contributed by atoms with van der Waals surface area (Å²) in [6, 6.07) is 8.60. The van der Waals surface area contributed by atoms with Gasteiger partial charge in [-0.3, -0.25) is 9.69 Å². The number of carbonyl (C=O) groups excluding carboxylic acids is 1. The molecule has 1 aliphatic heterocycles. The summed E-state index contributed by atoms with van der Waals surface area (Å²) in [5.74, 6) is 0.551. The van der Waals surface area contributed by atoms with Crippen LogP contribution in [0.4, 0.5) is 9.18 Å². The number of nitrogens with one attached hydrogen (secondary N) is 1. The van der Waals surface area contributed by atoms with E-state index in [9.17, 15) is 14.0 Å². The van der Waals surface area contributed by atoms with Crippen LogP contribution >= 0.6 is 11.3 Å². The Hall–Kier alpha value is -2.81. The van der Waals surface area contributed by atoms with Crippen molar-refractivity contribution < 1.29 is 13.9 Å². The van der Waals surface area contributed by atoms with Crippen LogP contribution < -0.4 is 10.3 Å². The number of fused-ring (bicyclic) bond motifs is 1. The molecule has 0 bridgehead atoms. The van der Waals surface area contributed by atoms with Gasteiger partial charge in [0.1, 0.15) is 16.6 Å². The standard InChI is InChI=1S/C19H17FN4O3S/c20-19(8-9-19)17-22-14(25)13-16(23-17)28-15(21-13)12-7-4-10-24(12)18(26)27-11-5-2-1-3-6-11/h1-3,5-6,12H,4,7-10H2,(H,22,23,25)/t12-/m1/s1. The highest BCUT2D eigenvalue weighted by Gasteiger charge is 2.48. The summed E-state index contributed by atoms with van der Waals surface area (Å²) in [7, 11) is 0. The van der Waals surface area contributed by atoms with Crippen molar-refractivity contribution in [2.24, 2.45) is 0 Å². The monoisotopic (exact) mass is 400 g/mol. The number of carbonyl (C=O) groups is 1. The number of alkyl halides is 1. The third-order valence-electron chi connectivity index (χ3n) is 5.12. The number of amides is 1. The highest BCUT2D eigenvalue weighted by Crippen LogP contribution is 2.48. The largest absolute Gasteiger partial charge is 0.415 e. The minimum absolute atomic E-state index is 0.0759. The van der Waals surface area contributed by atoms with E-state index in [1.807, 2.05) is 6.07 Å². The molecule has 1 N–H and O–H groups in total. The second kappa shape index (κ2) is 6.37. The summed E-state index contributed by atoms with van der Waals surface area (Å²) < 4.78 is 19.8. The summed E-state index contributed by atoms with van der Waals surface area (Å²) in [6.45, 7) is 0.550. The Morgan fingerprint density at radius 3 is 2.82 bits per heavy atom. The van der Waals surface area contributed by atoms with Crippen molar-refractivity contribution in [2.45, 2.75) is 37.4 Å². The zero-order valence-electron chi connectivity index (χ0n) is 14.9. The van der Waals surface area contributed by atoms with Crippen molar-refractivity contribution in [3.8, 4) is 5.75 Å². The summed E-state index contributed by atoms with van der Waals surface area (Å²) >= 11 is 1.24. The highest BCUT2D eigenvalue weighted by molar-refractivity contribution is 7.18. The van der Waals surface area contributed by atoms with Crippen LogP contribution in [0.15, 0.2) is 35.1 Å². The van der Waals surface area contributed by atoms with Gasteiger partial charge in [0.15, 0.2) is 16.0 Å². The van der Waals surface area contributed by atoms with E-state index in [0.717, 1.165) is 12.8 Å². The van der Waals surface area contributed by atoms with Crippen molar-refractivity contribution in [1.82, 2.24) is 19.9 Å². The molecule has 0 spiro atoms. The molecule has 1 aliphatic carbocycles. The average Bonchev–Trinajstić information content (AvgIpc) is 3.11. The van der Waals surface area contributed by atoms with Gasteiger partial charge in [-0.05, 0) is 37.8 Å². The molecule has 1 saturated carbocycles. The van der Waals surface area contributed by atoms with Crippen LogP contribution in [0.2, 0.25) is 0 Å². The topological polar surface area (TPSA) is 88.2 Å². The van der Waals surface area contributed by atoms with E-state index in [0.29, 0.717) is 35.0 Å². The number of hydrogen-bond donors (Lipinski definition) is 1. The number of H-pyrrole nitrogens is 1. The van der Waals surface area contributed by atoms with E-state index in [4.69, 9.17) is 4.74 Å². The van der Waals surface area contributed by atoms with Crippen LogP contribution in [0.1, 0.15) is 42.6 Å². The molecule has 0 radical (unpaired) electrons. The Bertz CT molecular complexity index is 1110. The van der Waals surface area contributed by atoms with Gasteiger partial charge < -0.3 is 9.72 Å². The van der Waals surface area contributed by atoms with Crippen LogP contribution in [-0.4, -0.2) is 32.5 Å². The summed E-state index contributed by atoms with van der Waals surface area (Å²) in [5.41, 5.74) is -1.77. The van der Waals surface area contributed by atoms with Gasteiger partial charge in [0.05, 0.1) is 6.04 Å². The molecule has 2 aliphatic rings. The van der Waals surface area contributed by atoms with Crippen LogP contribution in [0.25, 0.3) is 10.3 Å². The number of halogens is 1. The van der Waals surface area contributed by atoms with Gasteiger partial charge in [-0.25, -0.2) is 19.2 Å². The molecule has 0 unspecified atom stereocenters. The van der Waals surface area contributed by atoms with E-state index in [1.165, 1.54) is 11.3 Å². The van der Waals surface area contributed by atoms with Crippen LogP contribution in [0, 0.1) is 0 Å². The first-order valence-corrected chi connectivity index (χ1v) is 9.99. The maximum absolute atomic E-state index is 14.3. The van der Waals surface area contributed by atoms with E-state index >= 15 is 0 Å². The minimum Gasteiger partial charge on any atom is -0.410 e. The van der Waals surface area contributed by atoms with E-state index in [-0.39, 0.29) is 17.4 Å². The summed E-state index contributed by atoms with van der Waals surface area (Å²) in [6.07, 6.45) is 1.83. The number of ether oxygens (including phenoxy) is 1. The number of aromatic nitrogens is 3. The number of aromatic amines is 1. The Labute approximate surface area is 163 Å². The Morgan fingerprint density at radius 2 is 2.07 bits per heavy atom. The van der Waals surface area contributed by atoms with Crippen molar-refractivity contribution >= 4 is 27.8 Å². The molecule has 28 heavy (non-hydrogen) atoms. The molecule has 9 heteroatoms. The van der Waals surface area contributed by atoms with Crippen molar-refractivity contribution in [3.63, 3.8) is 0 Å². The number of para-hydroxylation sites is 1. The number of nitrogens with zero attached hydrogens (tertiary/aromatic N) is 3. The van der Waals surface area contributed by atoms with E-state index < -0.39 is 17.3 Å². The molecule has 3 aromatic rings. The molecular weight excluding hydrogens is 383 g/mol. The van der Waals surface area contributed by atoms with Crippen molar-refractivity contribution in [3.05, 3.63) is 51.5 Å². The fourth-order valence-corrected chi connectivity index (χ4v) is 4.53. The molecule has 2 aromatic heterocycles. The smallest absolute Gasteiger partial charge is 0.410 e. The second-order valence-corrected chi connectivity index (χ2v) is 8.13. The molecule has 1 aromatic carbocycles. The maximum atomic E-state index is 14.3. The number of hydrogen-bond acceptors (Lipinski definition) is 6. The van der Waals surface area contributed by atoms with Crippen LogP contribution in [0.3, 0.4) is 0 Å². The first-order chi connectivity index (χ1) is 13.5. The van der Waals surface area contributed by atoms with Gasteiger partial charge in [0.2, 0.25) is 0 Å². The highest BCUT2D eigenvalue weighted by atomic mass is 32.1. The van der Waals surface area contributed by atoms with Crippen molar-refractivity contribution in [2.75, 3.05) is 6.54 Å². The molecule has 1 saturated heterocycles. The number of thiazole rings is 1. The van der Waals surface area contributed by atoms with Gasteiger partial charge in [0.25, 0.3) is 5.56 Å². The molecule has 2 fully saturated rings. The third kappa shape index (κ3) is 2.95. The number of rotatable bonds is 3. The van der Waals surface area contributed by atoms with Gasteiger partial charge in [-0.1, -0.05) is 29.5 Å². The Balaban J connectivity index is 1.44. The lowest BCUT2D eigenvalue weighted by Crippen LogP contribution is -2.33. The third-order valence-corrected chi connectivity index (χ3v) is 6.17. The first-order valence-electron chi connectivity index (χ1n) is 9.17. The Kier molecular flexibility index (Phi) is 3.94. The maximum Gasteiger partial charge on any atom is 0.415 e. The van der Waals surface area contributed by atoms with E-state index in [2.05, 4.69) is 15.0 Å². The number of benzene rings is 1. The number of likely N-dealkylation sites (tertiary alicyclic amines) is 1. The quantitative estimate of drug-likeness (QED) is 0.725. The zero-order chi connectivity index (χ0) is 19.3. The van der Waals surface area contributed by atoms with Gasteiger partial charge in [-0.2, -0.15) is 0 Å². The van der Waals surface area contributed by atoms with Crippen LogP contribution in [-0.2, 0) is 5.67 Å². The molecular formula is C19H17FN4O3S. The first kappa shape index (κ1) is 17.3.